The van der Waals surface area contributed by atoms with Crippen molar-refractivity contribution in [1.29, 1.82) is 0 Å². The van der Waals surface area contributed by atoms with Crippen LogP contribution in [0.15, 0.2) is 81.7 Å². The summed E-state index contributed by atoms with van der Waals surface area (Å²) in [6.45, 7) is 3.57. The Morgan fingerprint density at radius 2 is 1.97 bits per heavy atom. The number of nitro benzene ring substituents is 1. The molecule has 0 saturated heterocycles. The van der Waals surface area contributed by atoms with Crippen molar-refractivity contribution in [2.75, 3.05) is 6.61 Å². The molecule has 0 spiro atoms. The number of fused-ring (bicyclic) bond motifs is 2. The number of hydrogen-bond acceptors (Lipinski definition) is 8. The third-order valence-corrected chi connectivity index (χ3v) is 7.13. The van der Waals surface area contributed by atoms with E-state index in [1.165, 1.54) is 28.8 Å². The lowest BCUT2D eigenvalue weighted by molar-refractivity contribution is -0.384. The van der Waals surface area contributed by atoms with Crippen LogP contribution >= 0.6 is 11.3 Å². The quantitative estimate of drug-likeness (QED) is 0.246. The fourth-order valence-electron chi connectivity index (χ4n) is 4.49. The molecule has 1 N–H and O–H groups in total. The molecule has 5 rings (SSSR count). The number of benzene rings is 3. The molecule has 1 aromatic heterocycles. The SMILES string of the molecule is CCOC(=O)C1=C(C)N=c2s/c(=C\c3cc([N+](=O)[O-])ccc3O)c(=O)n2[C@H]1c1cccc2ccccc12. The van der Waals surface area contributed by atoms with Gasteiger partial charge in [-0.15, -0.1) is 0 Å². The van der Waals surface area contributed by atoms with Crippen LogP contribution in [0.5, 0.6) is 5.75 Å². The lowest BCUT2D eigenvalue weighted by atomic mass is 9.91. The van der Waals surface area contributed by atoms with Gasteiger partial charge in [-0.3, -0.25) is 19.5 Å². The molecule has 37 heavy (non-hydrogen) atoms. The number of rotatable bonds is 5. The lowest BCUT2D eigenvalue weighted by Gasteiger charge is -2.25. The Morgan fingerprint density at radius 3 is 2.73 bits per heavy atom. The maximum Gasteiger partial charge on any atom is 0.338 e. The van der Waals surface area contributed by atoms with E-state index in [0.717, 1.165) is 27.7 Å². The van der Waals surface area contributed by atoms with E-state index in [4.69, 9.17) is 4.74 Å². The highest BCUT2D eigenvalue weighted by atomic mass is 32.1. The average molecular weight is 516 g/mol. The number of ether oxygens (including phenoxy) is 1. The van der Waals surface area contributed by atoms with Gasteiger partial charge < -0.3 is 9.84 Å². The molecular formula is C27H21N3O6S. The topological polar surface area (TPSA) is 124 Å². The van der Waals surface area contributed by atoms with Crippen molar-refractivity contribution in [3.05, 3.63) is 113 Å². The first-order chi connectivity index (χ1) is 17.8. The van der Waals surface area contributed by atoms with Gasteiger partial charge in [0.05, 0.1) is 33.4 Å². The molecule has 10 heteroatoms. The van der Waals surface area contributed by atoms with Crippen molar-refractivity contribution < 1.29 is 19.6 Å². The monoisotopic (exact) mass is 515 g/mol. The maximum atomic E-state index is 13.8. The predicted molar refractivity (Wildman–Crippen MR) is 139 cm³/mol. The number of thiazole rings is 1. The number of phenolic OH excluding ortho intramolecular Hbond substituents is 1. The van der Waals surface area contributed by atoms with Crippen molar-refractivity contribution in [2.45, 2.75) is 19.9 Å². The van der Waals surface area contributed by atoms with Crippen LogP contribution < -0.4 is 14.9 Å². The zero-order chi connectivity index (χ0) is 26.3. The Hall–Kier alpha value is -4.57. The molecule has 1 atom stereocenters. The second-order valence-corrected chi connectivity index (χ2v) is 9.38. The molecular weight excluding hydrogens is 494 g/mol. The molecule has 0 aliphatic carbocycles. The first-order valence-electron chi connectivity index (χ1n) is 11.4. The summed E-state index contributed by atoms with van der Waals surface area (Å²) in [4.78, 5) is 42.5. The summed E-state index contributed by atoms with van der Waals surface area (Å²) in [5.74, 6) is -0.766. The molecule has 9 nitrogen and oxygen atoms in total. The van der Waals surface area contributed by atoms with Gasteiger partial charge in [-0.05, 0) is 42.3 Å². The molecule has 0 bridgehead atoms. The maximum absolute atomic E-state index is 13.8. The predicted octanol–water partition coefficient (Wildman–Crippen LogP) is 3.57. The second kappa shape index (κ2) is 9.47. The van der Waals surface area contributed by atoms with Crippen LogP contribution in [-0.2, 0) is 9.53 Å². The van der Waals surface area contributed by atoms with E-state index in [0.29, 0.717) is 10.5 Å². The van der Waals surface area contributed by atoms with Gasteiger partial charge in [0.2, 0.25) is 0 Å². The number of phenols is 1. The van der Waals surface area contributed by atoms with E-state index >= 15 is 0 Å². The number of nitro groups is 1. The summed E-state index contributed by atoms with van der Waals surface area (Å²) in [5, 5.41) is 23.3. The van der Waals surface area contributed by atoms with Crippen molar-refractivity contribution >= 4 is 39.8 Å². The zero-order valence-corrected chi connectivity index (χ0v) is 20.7. The molecule has 0 fully saturated rings. The highest BCUT2D eigenvalue weighted by Crippen LogP contribution is 2.35. The summed E-state index contributed by atoms with van der Waals surface area (Å²) in [5.41, 5.74) is 0.898. The van der Waals surface area contributed by atoms with E-state index in [2.05, 4.69) is 4.99 Å². The van der Waals surface area contributed by atoms with E-state index < -0.39 is 22.5 Å². The van der Waals surface area contributed by atoms with Gasteiger partial charge in [-0.25, -0.2) is 9.79 Å². The normalized spacial score (nSPS) is 15.4. The number of allylic oxidation sites excluding steroid dienone is 1. The standard InChI is InChI=1S/C27H21N3O6S/c1-3-36-26(33)23-15(2)28-27-29(24(23)20-10-6-8-16-7-4-5-9-19(16)20)25(32)22(37-27)14-17-13-18(30(34)35)11-12-21(17)31/h4-14,24,31H,3H2,1-2H3/b22-14-/t24-/m0/s1. The number of hydrogen-bond donors (Lipinski definition) is 1. The molecule has 0 saturated carbocycles. The fraction of sp³-hybridized carbons (Fsp3) is 0.148. The third-order valence-electron chi connectivity index (χ3n) is 6.14. The van der Waals surface area contributed by atoms with Crippen molar-refractivity contribution in [1.82, 2.24) is 4.57 Å². The van der Waals surface area contributed by atoms with E-state index in [9.17, 15) is 24.8 Å². The molecule has 1 aliphatic heterocycles. The zero-order valence-electron chi connectivity index (χ0n) is 19.9. The molecule has 0 amide bonds. The summed E-state index contributed by atoms with van der Waals surface area (Å²) >= 11 is 1.08. The average Bonchev–Trinajstić information content (AvgIpc) is 3.18. The van der Waals surface area contributed by atoms with Gasteiger partial charge in [0.25, 0.3) is 11.2 Å². The number of non-ortho nitro benzene ring substituents is 1. The first-order valence-corrected chi connectivity index (χ1v) is 12.3. The van der Waals surface area contributed by atoms with E-state index in [1.54, 1.807) is 13.8 Å². The highest BCUT2D eigenvalue weighted by Gasteiger charge is 2.34. The highest BCUT2D eigenvalue weighted by molar-refractivity contribution is 7.07. The van der Waals surface area contributed by atoms with Crippen molar-refractivity contribution in [3.63, 3.8) is 0 Å². The minimum Gasteiger partial charge on any atom is -0.507 e. The smallest absolute Gasteiger partial charge is 0.338 e. The van der Waals surface area contributed by atoms with Gasteiger partial charge in [-0.2, -0.15) is 0 Å². The van der Waals surface area contributed by atoms with Gasteiger partial charge >= 0.3 is 5.97 Å². The summed E-state index contributed by atoms with van der Waals surface area (Å²) in [6, 6.07) is 16.2. The van der Waals surface area contributed by atoms with E-state index in [-0.39, 0.29) is 33.7 Å². The largest absolute Gasteiger partial charge is 0.507 e. The fourth-order valence-corrected chi connectivity index (χ4v) is 5.52. The Bertz CT molecular complexity index is 1800. The van der Waals surface area contributed by atoms with Crippen molar-refractivity contribution in [2.24, 2.45) is 4.99 Å². The summed E-state index contributed by atoms with van der Waals surface area (Å²) in [6.07, 6.45) is 1.40. The number of esters is 1. The molecule has 4 aromatic rings. The Labute approximate surface area is 214 Å². The van der Waals surface area contributed by atoms with Crippen LogP contribution in [0.25, 0.3) is 16.8 Å². The van der Waals surface area contributed by atoms with Gasteiger partial charge in [-0.1, -0.05) is 53.8 Å². The van der Waals surface area contributed by atoms with Crippen LogP contribution in [0.4, 0.5) is 5.69 Å². The van der Waals surface area contributed by atoms with Gasteiger partial charge in [0.1, 0.15) is 5.75 Å². The van der Waals surface area contributed by atoms with Crippen LogP contribution in [0.3, 0.4) is 0 Å². The first kappa shape index (κ1) is 24.1. The van der Waals surface area contributed by atoms with Gasteiger partial charge in [0, 0.05) is 17.7 Å². The number of nitrogens with zero attached hydrogens (tertiary/aromatic N) is 3. The van der Waals surface area contributed by atoms with Crippen LogP contribution in [0.2, 0.25) is 0 Å². The van der Waals surface area contributed by atoms with Crippen molar-refractivity contribution in [3.8, 4) is 5.75 Å². The Kier molecular flexibility index (Phi) is 6.18. The van der Waals surface area contributed by atoms with Gasteiger partial charge in [0.15, 0.2) is 4.80 Å². The van der Waals surface area contributed by atoms with Crippen LogP contribution in [-0.4, -0.2) is 27.2 Å². The molecule has 0 radical (unpaired) electrons. The second-order valence-electron chi connectivity index (χ2n) is 8.37. The number of carbonyl (C=O) groups is 1. The minimum absolute atomic E-state index is 0.127. The molecule has 186 valence electrons. The Morgan fingerprint density at radius 1 is 1.22 bits per heavy atom. The summed E-state index contributed by atoms with van der Waals surface area (Å²) < 4.78 is 7.01. The van der Waals surface area contributed by atoms with Crippen LogP contribution in [0, 0.1) is 10.1 Å². The number of aromatic nitrogens is 1. The number of carbonyl (C=O) groups excluding carboxylic acids is 1. The lowest BCUT2D eigenvalue weighted by Crippen LogP contribution is -2.40. The molecule has 1 aliphatic rings. The molecule has 0 unspecified atom stereocenters. The molecule has 2 heterocycles. The third kappa shape index (κ3) is 4.21. The summed E-state index contributed by atoms with van der Waals surface area (Å²) in [7, 11) is 0. The molecule has 3 aromatic carbocycles. The Balaban J connectivity index is 1.80. The van der Waals surface area contributed by atoms with E-state index in [1.807, 2.05) is 42.5 Å². The number of aromatic hydroxyl groups is 1. The van der Waals surface area contributed by atoms with Crippen LogP contribution in [0.1, 0.15) is 31.0 Å². The minimum atomic E-state index is -0.803.